The van der Waals surface area contributed by atoms with Gasteiger partial charge in [-0.15, -0.1) is 0 Å². The SMILES string of the molecule is CC(C)[C@H]1CC(c2ccccc2)=CC1=O. The molecule has 0 aliphatic heterocycles. The van der Waals surface area contributed by atoms with Crippen LogP contribution in [-0.2, 0) is 4.79 Å². The van der Waals surface area contributed by atoms with E-state index >= 15 is 0 Å². The highest BCUT2D eigenvalue weighted by Gasteiger charge is 2.28. The average molecular weight is 200 g/mol. The number of allylic oxidation sites excluding steroid dienone is 2. The average Bonchev–Trinajstić information content (AvgIpc) is 2.62. The molecule has 1 aromatic rings. The van der Waals surface area contributed by atoms with Gasteiger partial charge in [-0.1, -0.05) is 44.2 Å². The smallest absolute Gasteiger partial charge is 0.159 e. The van der Waals surface area contributed by atoms with Crippen molar-refractivity contribution in [1.82, 2.24) is 0 Å². The molecule has 0 aromatic heterocycles. The molecule has 2 rings (SSSR count). The second kappa shape index (κ2) is 4.01. The molecule has 1 aromatic carbocycles. The molecular formula is C14H16O. The largest absolute Gasteiger partial charge is 0.295 e. The Morgan fingerprint density at radius 2 is 1.87 bits per heavy atom. The fourth-order valence-corrected chi connectivity index (χ4v) is 2.09. The van der Waals surface area contributed by atoms with E-state index in [4.69, 9.17) is 0 Å². The molecule has 0 N–H and O–H groups in total. The number of hydrogen-bond acceptors (Lipinski definition) is 1. The topological polar surface area (TPSA) is 17.1 Å². The van der Waals surface area contributed by atoms with Gasteiger partial charge >= 0.3 is 0 Å². The first-order chi connectivity index (χ1) is 7.18. The monoisotopic (exact) mass is 200 g/mol. The van der Waals surface area contributed by atoms with E-state index in [0.717, 1.165) is 6.42 Å². The van der Waals surface area contributed by atoms with Gasteiger partial charge in [0.2, 0.25) is 0 Å². The number of ketones is 1. The second-order valence-corrected chi connectivity index (χ2v) is 4.49. The van der Waals surface area contributed by atoms with Crippen LogP contribution in [0.25, 0.3) is 5.57 Å². The molecule has 0 amide bonds. The van der Waals surface area contributed by atoms with E-state index in [9.17, 15) is 4.79 Å². The number of carbonyl (C=O) groups excluding carboxylic acids is 1. The van der Waals surface area contributed by atoms with Crippen LogP contribution in [-0.4, -0.2) is 5.78 Å². The Morgan fingerprint density at radius 1 is 1.20 bits per heavy atom. The van der Waals surface area contributed by atoms with Gasteiger partial charge in [-0.05, 0) is 29.6 Å². The summed E-state index contributed by atoms with van der Waals surface area (Å²) in [6, 6.07) is 10.2. The van der Waals surface area contributed by atoms with Crippen molar-refractivity contribution in [3.05, 3.63) is 42.0 Å². The quantitative estimate of drug-likeness (QED) is 0.715. The lowest BCUT2D eigenvalue weighted by atomic mass is 9.91. The third-order valence-corrected chi connectivity index (χ3v) is 3.07. The molecule has 0 fully saturated rings. The van der Waals surface area contributed by atoms with Crippen molar-refractivity contribution in [2.24, 2.45) is 11.8 Å². The van der Waals surface area contributed by atoms with Crippen LogP contribution in [0.1, 0.15) is 25.8 Å². The van der Waals surface area contributed by atoms with Gasteiger partial charge in [0.05, 0.1) is 0 Å². The van der Waals surface area contributed by atoms with Crippen LogP contribution in [0.3, 0.4) is 0 Å². The summed E-state index contributed by atoms with van der Waals surface area (Å²) in [5, 5.41) is 0. The van der Waals surface area contributed by atoms with E-state index in [1.54, 1.807) is 0 Å². The zero-order valence-corrected chi connectivity index (χ0v) is 9.23. The molecule has 0 saturated heterocycles. The summed E-state index contributed by atoms with van der Waals surface area (Å²) in [7, 11) is 0. The molecule has 0 unspecified atom stereocenters. The van der Waals surface area contributed by atoms with Gasteiger partial charge in [0, 0.05) is 5.92 Å². The predicted molar refractivity (Wildman–Crippen MR) is 62.4 cm³/mol. The van der Waals surface area contributed by atoms with Crippen molar-refractivity contribution in [3.8, 4) is 0 Å². The molecule has 1 nitrogen and oxygen atoms in total. The van der Waals surface area contributed by atoms with Crippen LogP contribution in [0, 0.1) is 11.8 Å². The lowest BCUT2D eigenvalue weighted by Gasteiger charge is -2.12. The summed E-state index contributed by atoms with van der Waals surface area (Å²) >= 11 is 0. The van der Waals surface area contributed by atoms with Gasteiger partial charge in [0.25, 0.3) is 0 Å². The van der Waals surface area contributed by atoms with Crippen LogP contribution < -0.4 is 0 Å². The molecule has 0 bridgehead atoms. The minimum absolute atomic E-state index is 0.195. The highest BCUT2D eigenvalue weighted by atomic mass is 16.1. The molecule has 78 valence electrons. The molecule has 1 heteroatoms. The Kier molecular flexibility index (Phi) is 2.72. The maximum Gasteiger partial charge on any atom is 0.159 e. The van der Waals surface area contributed by atoms with E-state index < -0.39 is 0 Å². The summed E-state index contributed by atoms with van der Waals surface area (Å²) in [6.07, 6.45) is 2.72. The summed E-state index contributed by atoms with van der Waals surface area (Å²) in [5.41, 5.74) is 2.38. The molecule has 0 heterocycles. The second-order valence-electron chi connectivity index (χ2n) is 4.49. The first kappa shape index (κ1) is 10.2. The van der Waals surface area contributed by atoms with E-state index in [1.165, 1.54) is 11.1 Å². The summed E-state index contributed by atoms with van der Waals surface area (Å²) < 4.78 is 0. The maximum absolute atomic E-state index is 11.7. The molecule has 1 aliphatic carbocycles. The number of benzene rings is 1. The summed E-state index contributed by atoms with van der Waals surface area (Å²) in [4.78, 5) is 11.7. The van der Waals surface area contributed by atoms with Crippen LogP contribution in [0.15, 0.2) is 36.4 Å². The number of carbonyl (C=O) groups is 1. The Bertz CT molecular complexity index is 387. The highest BCUT2D eigenvalue weighted by Crippen LogP contribution is 2.33. The fraction of sp³-hybridized carbons (Fsp3) is 0.357. The standard InChI is InChI=1S/C14H16O/c1-10(2)13-8-12(9-14(13)15)11-6-4-3-5-7-11/h3-7,9-10,13H,8H2,1-2H3/t13-/m1/s1. The van der Waals surface area contributed by atoms with Gasteiger partial charge < -0.3 is 0 Å². The zero-order chi connectivity index (χ0) is 10.8. The lowest BCUT2D eigenvalue weighted by molar-refractivity contribution is -0.118. The van der Waals surface area contributed by atoms with E-state index in [0.29, 0.717) is 11.7 Å². The third kappa shape index (κ3) is 2.01. The third-order valence-electron chi connectivity index (χ3n) is 3.07. The summed E-state index contributed by atoms with van der Waals surface area (Å²) in [5.74, 6) is 0.930. The van der Waals surface area contributed by atoms with E-state index in [2.05, 4.69) is 26.0 Å². The van der Waals surface area contributed by atoms with Crippen molar-refractivity contribution in [2.45, 2.75) is 20.3 Å². The molecule has 1 atom stereocenters. The van der Waals surface area contributed by atoms with Gasteiger partial charge in [-0.2, -0.15) is 0 Å². The van der Waals surface area contributed by atoms with Crippen LogP contribution >= 0.6 is 0 Å². The number of rotatable bonds is 2. The predicted octanol–water partition coefficient (Wildman–Crippen LogP) is 3.32. The Morgan fingerprint density at radius 3 is 2.40 bits per heavy atom. The molecule has 0 spiro atoms. The molecule has 1 aliphatic rings. The Hall–Kier alpha value is -1.37. The van der Waals surface area contributed by atoms with Crippen LogP contribution in [0.5, 0.6) is 0 Å². The molecule has 0 radical (unpaired) electrons. The first-order valence-corrected chi connectivity index (χ1v) is 5.48. The van der Waals surface area contributed by atoms with E-state index in [-0.39, 0.29) is 5.92 Å². The fourth-order valence-electron chi connectivity index (χ4n) is 2.09. The number of hydrogen-bond donors (Lipinski definition) is 0. The van der Waals surface area contributed by atoms with Crippen LogP contribution in [0.4, 0.5) is 0 Å². The Balaban J connectivity index is 2.22. The van der Waals surface area contributed by atoms with Gasteiger partial charge in [0.15, 0.2) is 5.78 Å². The molecule has 15 heavy (non-hydrogen) atoms. The van der Waals surface area contributed by atoms with Gasteiger partial charge in [-0.25, -0.2) is 0 Å². The minimum Gasteiger partial charge on any atom is -0.295 e. The minimum atomic E-state index is 0.195. The highest BCUT2D eigenvalue weighted by molar-refractivity contribution is 6.03. The Labute approximate surface area is 90.8 Å². The van der Waals surface area contributed by atoms with Crippen molar-refractivity contribution < 1.29 is 4.79 Å². The zero-order valence-electron chi connectivity index (χ0n) is 9.23. The van der Waals surface area contributed by atoms with Gasteiger partial charge in [-0.3, -0.25) is 4.79 Å². The van der Waals surface area contributed by atoms with Crippen molar-refractivity contribution in [1.29, 1.82) is 0 Å². The molecule has 0 saturated carbocycles. The van der Waals surface area contributed by atoms with Gasteiger partial charge in [0.1, 0.15) is 0 Å². The lowest BCUT2D eigenvalue weighted by Crippen LogP contribution is -2.13. The van der Waals surface area contributed by atoms with E-state index in [1.807, 2.05) is 24.3 Å². The molecular weight excluding hydrogens is 184 g/mol. The normalized spacial score (nSPS) is 20.9. The van der Waals surface area contributed by atoms with Crippen molar-refractivity contribution >= 4 is 11.4 Å². The first-order valence-electron chi connectivity index (χ1n) is 5.48. The summed E-state index contributed by atoms with van der Waals surface area (Å²) in [6.45, 7) is 4.23. The van der Waals surface area contributed by atoms with Crippen molar-refractivity contribution in [3.63, 3.8) is 0 Å². The van der Waals surface area contributed by atoms with Crippen molar-refractivity contribution in [2.75, 3.05) is 0 Å². The maximum atomic E-state index is 11.7. The van der Waals surface area contributed by atoms with Crippen LogP contribution in [0.2, 0.25) is 0 Å².